The van der Waals surface area contributed by atoms with Crippen LogP contribution in [0, 0.1) is 0 Å². The third kappa shape index (κ3) is 8.77. The molecule has 0 aliphatic carbocycles. The van der Waals surface area contributed by atoms with Gasteiger partial charge in [-0.1, -0.05) is 267 Å². The number of hydrogen-bond acceptors (Lipinski definition) is 3. The molecule has 0 spiro atoms. The van der Waals surface area contributed by atoms with Crippen molar-refractivity contribution in [1.29, 1.82) is 0 Å². The smallest absolute Gasteiger partial charge is 0.252 e. The Morgan fingerprint density at radius 1 is 0.258 bits per heavy atom. The van der Waals surface area contributed by atoms with Crippen molar-refractivity contribution in [2.45, 2.75) is 0 Å². The number of aromatic nitrogens is 1. The molecule has 14 aromatic carbocycles. The number of nitrogens with zero attached hydrogens (tertiary/aromatic N) is 4. The largest absolute Gasteiger partial charge is 0.311 e. The van der Waals surface area contributed by atoms with Gasteiger partial charge in [-0.2, -0.15) is 0 Å². The van der Waals surface area contributed by atoms with Gasteiger partial charge < -0.3 is 19.3 Å². The Morgan fingerprint density at radius 2 is 0.719 bits per heavy atom. The summed E-state index contributed by atoms with van der Waals surface area (Å²) in [5.74, 6) is 0. The zero-order valence-electron chi connectivity index (χ0n) is 48.8. The summed E-state index contributed by atoms with van der Waals surface area (Å²) in [6.45, 7) is -0.207. The summed E-state index contributed by atoms with van der Waals surface area (Å²) in [6.07, 6.45) is 0. The fourth-order valence-corrected chi connectivity index (χ4v) is 14.2. The van der Waals surface area contributed by atoms with Gasteiger partial charge in [0.1, 0.15) is 0 Å². The second-order valence-electron chi connectivity index (χ2n) is 23.2. The molecule has 89 heavy (non-hydrogen) atoms. The molecule has 0 saturated carbocycles. The molecule has 0 saturated heterocycles. The number of fused-ring (bicyclic) bond motifs is 8. The van der Waals surface area contributed by atoms with E-state index in [1.807, 2.05) is 0 Å². The Kier molecular flexibility index (Phi) is 12.6. The molecule has 1 aromatic heterocycles. The van der Waals surface area contributed by atoms with Gasteiger partial charge in [-0.15, -0.1) is 0 Å². The molecule has 0 radical (unpaired) electrons. The summed E-state index contributed by atoms with van der Waals surface area (Å²) in [5.41, 5.74) is 28.6. The van der Waals surface area contributed by atoms with Crippen LogP contribution in [0.25, 0.3) is 83.1 Å². The summed E-state index contributed by atoms with van der Waals surface area (Å²) >= 11 is 0. The minimum absolute atomic E-state index is 0.207. The van der Waals surface area contributed by atoms with E-state index in [1.54, 1.807) is 0 Å². The first-order valence-corrected chi connectivity index (χ1v) is 30.7. The van der Waals surface area contributed by atoms with Gasteiger partial charge in [-0.3, -0.25) is 0 Å². The molecular weight excluding hydrogens is 1080 g/mol. The van der Waals surface area contributed by atoms with E-state index >= 15 is 0 Å². The number of hydrogen-bond donors (Lipinski definition) is 0. The van der Waals surface area contributed by atoms with Crippen LogP contribution in [0.2, 0.25) is 0 Å². The Labute approximate surface area is 519 Å². The summed E-state index contributed by atoms with van der Waals surface area (Å²) in [7, 11) is 0. The van der Waals surface area contributed by atoms with Gasteiger partial charge in [0.05, 0.1) is 28.1 Å². The highest BCUT2D eigenvalue weighted by atomic mass is 15.2. The Balaban J connectivity index is 1.03. The van der Waals surface area contributed by atoms with Crippen LogP contribution < -0.4 is 31.1 Å². The molecule has 416 valence electrons. The van der Waals surface area contributed by atoms with Crippen LogP contribution in [-0.2, 0) is 0 Å². The Morgan fingerprint density at radius 3 is 1.30 bits per heavy atom. The van der Waals surface area contributed by atoms with Gasteiger partial charge in [0.15, 0.2) is 0 Å². The number of para-hydroxylation sites is 4. The minimum Gasteiger partial charge on any atom is -0.311 e. The van der Waals surface area contributed by atoms with Crippen LogP contribution in [0.3, 0.4) is 0 Å². The zero-order chi connectivity index (χ0) is 58.8. The lowest BCUT2D eigenvalue weighted by molar-refractivity contribution is 1.18. The molecule has 17 rings (SSSR count). The van der Waals surface area contributed by atoms with Crippen molar-refractivity contribution in [3.05, 3.63) is 346 Å². The van der Waals surface area contributed by atoms with Gasteiger partial charge in [0.2, 0.25) is 0 Å². The number of benzene rings is 14. The minimum atomic E-state index is -0.207. The van der Waals surface area contributed by atoms with Crippen molar-refractivity contribution in [3.8, 4) is 61.3 Å². The van der Waals surface area contributed by atoms with Crippen molar-refractivity contribution < 1.29 is 0 Å². The van der Waals surface area contributed by atoms with Crippen LogP contribution in [0.1, 0.15) is 0 Å². The first-order chi connectivity index (χ1) is 44.2. The van der Waals surface area contributed by atoms with Gasteiger partial charge in [-0.25, -0.2) is 0 Å². The van der Waals surface area contributed by atoms with Crippen molar-refractivity contribution in [2.24, 2.45) is 0 Å². The topological polar surface area (TPSA) is 14.7 Å². The second kappa shape index (κ2) is 21.7. The fourth-order valence-electron chi connectivity index (χ4n) is 14.2. The van der Waals surface area contributed by atoms with Crippen LogP contribution in [0.4, 0.5) is 51.2 Å². The van der Waals surface area contributed by atoms with Crippen LogP contribution in [0.15, 0.2) is 346 Å². The molecule has 0 atom stereocenters. The highest BCUT2D eigenvalue weighted by Gasteiger charge is 2.45. The van der Waals surface area contributed by atoms with Gasteiger partial charge in [0, 0.05) is 61.7 Å². The molecule has 0 unspecified atom stereocenters. The van der Waals surface area contributed by atoms with E-state index in [-0.39, 0.29) is 6.71 Å². The molecule has 0 amide bonds. The predicted molar refractivity (Wildman–Crippen MR) is 377 cm³/mol. The lowest BCUT2D eigenvalue weighted by atomic mass is 9.33. The summed E-state index contributed by atoms with van der Waals surface area (Å²) < 4.78 is 2.57. The molecule has 2 aliphatic heterocycles. The normalized spacial score (nSPS) is 12.2. The zero-order valence-corrected chi connectivity index (χ0v) is 48.8. The Bertz CT molecular complexity index is 5020. The third-order valence-corrected chi connectivity index (χ3v) is 18.1. The maximum absolute atomic E-state index is 2.64. The molecule has 4 nitrogen and oxygen atoms in total. The van der Waals surface area contributed by atoms with Crippen LogP contribution in [0.5, 0.6) is 0 Å². The maximum atomic E-state index is 2.64. The number of rotatable bonds is 11. The van der Waals surface area contributed by atoms with E-state index in [9.17, 15) is 0 Å². The van der Waals surface area contributed by atoms with E-state index in [0.717, 1.165) is 101 Å². The molecule has 0 bridgehead atoms. The summed E-state index contributed by atoms with van der Waals surface area (Å²) in [4.78, 5) is 7.62. The first kappa shape index (κ1) is 51.7. The van der Waals surface area contributed by atoms with Crippen molar-refractivity contribution in [1.82, 2.24) is 4.57 Å². The lowest BCUT2D eigenvalue weighted by Crippen LogP contribution is -2.61. The molecule has 3 heterocycles. The fraction of sp³-hybridized carbons (Fsp3) is 0. The first-order valence-electron chi connectivity index (χ1n) is 30.7. The quantitative estimate of drug-likeness (QED) is 0.120. The highest BCUT2D eigenvalue weighted by Crippen LogP contribution is 2.52. The lowest BCUT2D eigenvalue weighted by Gasteiger charge is -2.45. The van der Waals surface area contributed by atoms with E-state index in [0.29, 0.717) is 0 Å². The monoisotopic (exact) mass is 1130 g/mol. The van der Waals surface area contributed by atoms with Crippen molar-refractivity contribution in [3.63, 3.8) is 0 Å². The van der Waals surface area contributed by atoms with Crippen LogP contribution >= 0.6 is 0 Å². The molecular formula is C84H57BN4. The SMILES string of the molecule is c1ccc(-c2ccc(N3c4ccc(-c5ccccc5)cc4B4c5ccc6c(c5N(c5cccc(-c7ccccc7)c5)c5cc(N(c7ccccc7)c7ccccc7)cc3c54)c3ccccc3n6-c3c(-c4ccccc4)cccc3-c3ccccc3)cc2)cc1. The predicted octanol–water partition coefficient (Wildman–Crippen LogP) is 20.7. The molecule has 2 aliphatic rings. The maximum Gasteiger partial charge on any atom is 0.252 e. The standard InChI is InChI=1S/C84H57BN4/c1-8-26-58(27-9-1)61-46-49-68(50-47-61)87-77-52-48-65(60-30-12-3-13-31-60)55-75(77)85-74-51-53-78-81(73-42-22-23-45-76(73)89(78)83-71(62-32-14-4-15-33-62)43-25-44-72(83)63-34-16-5-17-35-63)84(74)88(69-41-24-36-64(54-69)59-28-10-2-11-29-59)80-57-70(56-79(87)82(80)85)86(66-37-18-6-19-38-66)67-39-20-7-21-40-67/h1-57H. The van der Waals surface area contributed by atoms with Gasteiger partial charge >= 0.3 is 0 Å². The third-order valence-electron chi connectivity index (χ3n) is 18.1. The average Bonchev–Trinajstić information content (AvgIpc) is 1.65. The van der Waals surface area contributed by atoms with Gasteiger partial charge in [-0.05, 0) is 140 Å². The summed E-state index contributed by atoms with van der Waals surface area (Å²) in [6, 6.07) is 127. The van der Waals surface area contributed by atoms with Gasteiger partial charge in [0.25, 0.3) is 6.71 Å². The van der Waals surface area contributed by atoms with Crippen molar-refractivity contribution >= 4 is 96.1 Å². The molecule has 0 N–H and O–H groups in total. The highest BCUT2D eigenvalue weighted by molar-refractivity contribution is 7.00. The molecule has 5 heteroatoms. The van der Waals surface area contributed by atoms with E-state index < -0.39 is 0 Å². The van der Waals surface area contributed by atoms with E-state index in [2.05, 4.69) is 365 Å². The molecule has 0 fully saturated rings. The summed E-state index contributed by atoms with van der Waals surface area (Å²) in [5, 5.41) is 2.36. The van der Waals surface area contributed by atoms with E-state index in [4.69, 9.17) is 0 Å². The average molecular weight is 1130 g/mol. The van der Waals surface area contributed by atoms with Crippen molar-refractivity contribution in [2.75, 3.05) is 14.7 Å². The molecule has 15 aromatic rings. The van der Waals surface area contributed by atoms with Crippen LogP contribution in [-0.4, -0.2) is 11.3 Å². The number of anilines is 9. The van der Waals surface area contributed by atoms with E-state index in [1.165, 1.54) is 49.4 Å². The second-order valence-corrected chi connectivity index (χ2v) is 23.2. The Hall–Kier alpha value is -11.7.